The Labute approximate surface area is 68.5 Å². The molecule has 0 saturated carbocycles. The van der Waals surface area contributed by atoms with Crippen LogP contribution in [0.1, 0.15) is 34.6 Å². The molecule has 0 fully saturated rings. The van der Waals surface area contributed by atoms with E-state index in [4.69, 9.17) is 23.2 Å². The van der Waals surface area contributed by atoms with Gasteiger partial charge in [-0.25, -0.2) is 0 Å². The van der Waals surface area contributed by atoms with Gasteiger partial charge in [0.25, 0.3) is 0 Å². The van der Waals surface area contributed by atoms with Crippen molar-refractivity contribution in [1.29, 1.82) is 0 Å². The van der Waals surface area contributed by atoms with E-state index in [1.807, 2.05) is 0 Å². The molecule has 0 heterocycles. The second-order valence-corrected chi connectivity index (χ2v) is 5.14. The minimum Gasteiger partial charge on any atom is -0.102 e. The van der Waals surface area contributed by atoms with Crippen LogP contribution in [0.25, 0.3) is 0 Å². The minimum atomic E-state index is -0.556. The maximum Gasteiger partial charge on any atom is 0.112 e. The lowest BCUT2D eigenvalue weighted by Gasteiger charge is -1.98. The first-order valence-electron chi connectivity index (χ1n) is 3.11. The lowest BCUT2D eigenvalue weighted by Crippen LogP contribution is -1.93. The Morgan fingerprint density at radius 3 is 1.00 bits per heavy atom. The molecule has 58 valence electrons. The molecule has 0 nitrogen and oxygen atoms in total. The van der Waals surface area contributed by atoms with Gasteiger partial charge >= 0.3 is 0 Å². The fourth-order valence-corrected chi connectivity index (χ4v) is 0. The highest BCUT2D eigenvalue weighted by molar-refractivity contribution is 6.47. The largest absolute Gasteiger partial charge is 0.112 e. The number of rotatable bonds is 0. The van der Waals surface area contributed by atoms with Crippen LogP contribution >= 0.6 is 23.2 Å². The number of halogens is 2. The molecule has 2 heteroatoms. The van der Waals surface area contributed by atoms with Crippen molar-refractivity contribution in [2.24, 2.45) is 5.92 Å². The number of alkyl halides is 2. The van der Waals surface area contributed by atoms with Crippen molar-refractivity contribution < 1.29 is 0 Å². The van der Waals surface area contributed by atoms with E-state index in [9.17, 15) is 0 Å². The predicted molar refractivity (Wildman–Crippen MR) is 46.3 cm³/mol. The van der Waals surface area contributed by atoms with E-state index in [0.29, 0.717) is 0 Å². The summed E-state index contributed by atoms with van der Waals surface area (Å²) in [6, 6.07) is 0. The molecule has 0 bridgehead atoms. The van der Waals surface area contributed by atoms with Crippen molar-refractivity contribution in [3.8, 4) is 0 Å². The van der Waals surface area contributed by atoms with E-state index < -0.39 is 4.33 Å². The second kappa shape index (κ2) is 5.37. The quantitative estimate of drug-likeness (QED) is 0.485. The van der Waals surface area contributed by atoms with Crippen LogP contribution in [0.2, 0.25) is 0 Å². The number of hydrogen-bond donors (Lipinski definition) is 0. The van der Waals surface area contributed by atoms with Gasteiger partial charge in [-0.15, -0.1) is 23.2 Å². The Kier molecular flexibility index (Phi) is 7.33. The highest BCUT2D eigenvalue weighted by Crippen LogP contribution is 2.16. The fraction of sp³-hybridized carbons (Fsp3) is 1.00. The average molecular weight is 171 g/mol. The van der Waals surface area contributed by atoms with Crippen molar-refractivity contribution >= 4 is 23.2 Å². The second-order valence-electron chi connectivity index (χ2n) is 3.06. The summed E-state index contributed by atoms with van der Waals surface area (Å²) in [5, 5.41) is 0. The van der Waals surface area contributed by atoms with Gasteiger partial charge in [0.05, 0.1) is 0 Å². The highest BCUT2D eigenvalue weighted by Gasteiger charge is 2.03. The topological polar surface area (TPSA) is 0 Å². The zero-order chi connectivity index (χ0) is 8.08. The molecule has 0 amide bonds. The van der Waals surface area contributed by atoms with Gasteiger partial charge < -0.3 is 0 Å². The first kappa shape index (κ1) is 12.3. The van der Waals surface area contributed by atoms with Crippen molar-refractivity contribution in [3.05, 3.63) is 0 Å². The van der Waals surface area contributed by atoms with E-state index >= 15 is 0 Å². The van der Waals surface area contributed by atoms with Crippen LogP contribution in [0, 0.1) is 5.92 Å². The Balaban J connectivity index is 0. The molecule has 0 aromatic heterocycles. The van der Waals surface area contributed by atoms with Crippen LogP contribution in [0.15, 0.2) is 0 Å². The summed E-state index contributed by atoms with van der Waals surface area (Å²) in [4.78, 5) is 0. The van der Waals surface area contributed by atoms with Crippen LogP contribution in [0.3, 0.4) is 0 Å². The third-order valence-electron chi connectivity index (χ3n) is 0. The molecule has 0 aliphatic rings. The normalized spacial score (nSPS) is 10.7. The van der Waals surface area contributed by atoms with Crippen molar-refractivity contribution in [3.63, 3.8) is 0 Å². The van der Waals surface area contributed by atoms with Gasteiger partial charge in [0, 0.05) is 0 Å². The van der Waals surface area contributed by atoms with Gasteiger partial charge in [0.2, 0.25) is 0 Å². The summed E-state index contributed by atoms with van der Waals surface area (Å²) in [6.07, 6.45) is 0. The lowest BCUT2D eigenvalue weighted by molar-refractivity contribution is 0.737. The van der Waals surface area contributed by atoms with Gasteiger partial charge in [0.15, 0.2) is 0 Å². The standard InChI is InChI=1S/C4H10.C3H6Cl2/c1-4(2)3;1-3(2,4)5/h4H,1-3H3;1-2H3. The van der Waals surface area contributed by atoms with E-state index in [-0.39, 0.29) is 0 Å². The van der Waals surface area contributed by atoms with Crippen LogP contribution in [0.4, 0.5) is 0 Å². The van der Waals surface area contributed by atoms with Crippen molar-refractivity contribution in [2.75, 3.05) is 0 Å². The van der Waals surface area contributed by atoms with Gasteiger partial charge in [-0.05, 0) is 19.8 Å². The summed E-state index contributed by atoms with van der Waals surface area (Å²) in [6.45, 7) is 9.94. The summed E-state index contributed by atoms with van der Waals surface area (Å²) in [5.74, 6) is 0.833. The molecule has 0 unspecified atom stereocenters. The summed E-state index contributed by atoms with van der Waals surface area (Å²) >= 11 is 10.6. The first-order valence-corrected chi connectivity index (χ1v) is 3.87. The molecule has 0 N–H and O–H groups in total. The molecule has 0 atom stereocenters. The predicted octanol–water partition coefficient (Wildman–Crippen LogP) is 3.86. The van der Waals surface area contributed by atoms with Crippen LogP contribution in [-0.2, 0) is 0 Å². The maximum absolute atomic E-state index is 5.30. The molecule has 0 aromatic carbocycles. The van der Waals surface area contributed by atoms with Gasteiger partial charge in [0.1, 0.15) is 4.33 Å². The molecular weight excluding hydrogens is 155 g/mol. The average Bonchev–Trinajstić information content (AvgIpc) is 1.19. The van der Waals surface area contributed by atoms with Crippen molar-refractivity contribution in [1.82, 2.24) is 0 Å². The molecule has 0 saturated heterocycles. The Morgan fingerprint density at radius 2 is 1.00 bits per heavy atom. The monoisotopic (exact) mass is 170 g/mol. The molecule has 0 aromatic rings. The Morgan fingerprint density at radius 1 is 1.00 bits per heavy atom. The van der Waals surface area contributed by atoms with E-state index in [1.165, 1.54) is 0 Å². The van der Waals surface area contributed by atoms with Crippen LogP contribution in [0.5, 0.6) is 0 Å². The highest BCUT2D eigenvalue weighted by atomic mass is 35.5. The zero-order valence-corrected chi connectivity index (χ0v) is 8.35. The SMILES string of the molecule is CC(C)(Cl)Cl.CC(C)C. The smallest absolute Gasteiger partial charge is 0.102 e. The third kappa shape index (κ3) is 1100. The van der Waals surface area contributed by atoms with Crippen LogP contribution < -0.4 is 0 Å². The Bertz CT molecular complexity index is 43.7. The molecule has 0 aliphatic carbocycles. The van der Waals surface area contributed by atoms with Gasteiger partial charge in [-0.3, -0.25) is 0 Å². The first-order chi connectivity index (χ1) is 3.73. The molecule has 0 aliphatic heterocycles. The minimum absolute atomic E-state index is 0.556. The summed E-state index contributed by atoms with van der Waals surface area (Å²) < 4.78 is -0.556. The lowest BCUT2D eigenvalue weighted by atomic mass is 10.3. The number of hydrogen-bond acceptors (Lipinski definition) is 0. The summed E-state index contributed by atoms with van der Waals surface area (Å²) in [7, 11) is 0. The van der Waals surface area contributed by atoms with E-state index in [0.717, 1.165) is 5.92 Å². The van der Waals surface area contributed by atoms with Crippen molar-refractivity contribution in [2.45, 2.75) is 39.0 Å². The van der Waals surface area contributed by atoms with E-state index in [1.54, 1.807) is 13.8 Å². The summed E-state index contributed by atoms with van der Waals surface area (Å²) in [5.41, 5.74) is 0. The molecule has 9 heavy (non-hydrogen) atoms. The Hall–Kier alpha value is 0.580. The maximum atomic E-state index is 5.30. The zero-order valence-electron chi connectivity index (χ0n) is 6.83. The fourth-order valence-electron chi connectivity index (χ4n) is 0. The molecule has 0 rings (SSSR count). The third-order valence-corrected chi connectivity index (χ3v) is 0. The van der Waals surface area contributed by atoms with Gasteiger partial charge in [-0.1, -0.05) is 20.8 Å². The van der Waals surface area contributed by atoms with E-state index in [2.05, 4.69) is 20.8 Å². The molecule has 0 radical (unpaired) electrons. The van der Waals surface area contributed by atoms with Gasteiger partial charge in [-0.2, -0.15) is 0 Å². The molecular formula is C7H16Cl2. The molecule has 0 spiro atoms. The van der Waals surface area contributed by atoms with Crippen LogP contribution in [-0.4, -0.2) is 4.33 Å².